The van der Waals surface area contributed by atoms with Gasteiger partial charge in [0.15, 0.2) is 0 Å². The number of carbonyl (C=O) groups excluding carboxylic acids is 1. The van der Waals surface area contributed by atoms with Crippen molar-refractivity contribution in [2.45, 2.75) is 43.9 Å². The Hall–Kier alpha value is -0.920. The number of sulfonamides is 1. The maximum absolute atomic E-state index is 12.7. The predicted octanol–water partition coefficient (Wildman–Crippen LogP) is 2.08. The topological polar surface area (TPSA) is 57.7 Å². The lowest BCUT2D eigenvalue weighted by molar-refractivity contribution is -0.134. The van der Waals surface area contributed by atoms with Gasteiger partial charge in [0.1, 0.15) is 10.3 Å². The van der Waals surface area contributed by atoms with E-state index in [1.165, 1.54) is 15.6 Å². The highest BCUT2D eigenvalue weighted by Crippen LogP contribution is 2.30. The minimum Gasteiger partial charge on any atom is -0.342 e. The number of rotatable bonds is 5. The molecule has 0 spiro atoms. The summed E-state index contributed by atoms with van der Waals surface area (Å²) in [4.78, 5) is 15.2. The van der Waals surface area contributed by atoms with Gasteiger partial charge in [-0.25, -0.2) is 8.42 Å². The number of thiophene rings is 1. The number of nitrogens with zero attached hydrogens (tertiary/aromatic N) is 2. The summed E-state index contributed by atoms with van der Waals surface area (Å²) in [5.41, 5.74) is 0. The summed E-state index contributed by atoms with van der Waals surface area (Å²) in [5, 5.41) is 0. The Morgan fingerprint density at radius 2 is 2.05 bits per heavy atom. The molecule has 1 amide bonds. The standard InChI is InChI=1S/C14H22N2O3S2/c1-4-15(5-2)14(17)12-7-6-10-16(12)21(18,19)13-9-8-11(3)20-13/h8-9,12H,4-7,10H2,1-3H3. The summed E-state index contributed by atoms with van der Waals surface area (Å²) in [5.74, 6) is -0.0747. The first-order valence-corrected chi connectivity index (χ1v) is 9.54. The fourth-order valence-corrected chi connectivity index (χ4v) is 5.75. The van der Waals surface area contributed by atoms with Crippen molar-refractivity contribution in [1.82, 2.24) is 9.21 Å². The van der Waals surface area contributed by atoms with E-state index in [-0.39, 0.29) is 5.91 Å². The second-order valence-corrected chi connectivity index (χ2v) is 8.55. The molecule has 1 atom stereocenters. The number of hydrogen-bond acceptors (Lipinski definition) is 4. The third-order valence-corrected chi connectivity index (χ3v) is 7.22. The molecule has 0 bridgehead atoms. The second kappa shape index (κ2) is 6.46. The summed E-state index contributed by atoms with van der Waals surface area (Å²) in [6, 6.07) is 2.89. The Labute approximate surface area is 130 Å². The van der Waals surface area contributed by atoms with Crippen LogP contribution in [0.25, 0.3) is 0 Å². The molecule has 7 heteroatoms. The molecule has 1 aromatic heterocycles. The largest absolute Gasteiger partial charge is 0.342 e. The van der Waals surface area contributed by atoms with Crippen LogP contribution in [0.3, 0.4) is 0 Å². The number of aryl methyl sites for hydroxylation is 1. The van der Waals surface area contributed by atoms with E-state index in [2.05, 4.69) is 0 Å². The highest BCUT2D eigenvalue weighted by Gasteiger charge is 2.41. The average Bonchev–Trinajstić information content (AvgIpc) is 3.08. The number of carbonyl (C=O) groups is 1. The fourth-order valence-electron chi connectivity index (χ4n) is 2.69. The van der Waals surface area contributed by atoms with Crippen LogP contribution >= 0.6 is 11.3 Å². The molecule has 1 saturated heterocycles. The van der Waals surface area contributed by atoms with Crippen molar-refractivity contribution in [2.75, 3.05) is 19.6 Å². The molecule has 1 unspecified atom stereocenters. The van der Waals surface area contributed by atoms with Crippen molar-refractivity contribution in [1.29, 1.82) is 0 Å². The third kappa shape index (κ3) is 3.14. The number of likely N-dealkylation sites (N-methyl/N-ethyl adjacent to an activating group) is 1. The zero-order valence-corrected chi connectivity index (χ0v) is 14.3. The Morgan fingerprint density at radius 3 is 2.57 bits per heavy atom. The highest BCUT2D eigenvalue weighted by atomic mass is 32.2. The van der Waals surface area contributed by atoms with Crippen LogP contribution in [0.2, 0.25) is 0 Å². The van der Waals surface area contributed by atoms with Gasteiger partial charge in [0, 0.05) is 24.5 Å². The zero-order valence-electron chi connectivity index (χ0n) is 12.7. The van der Waals surface area contributed by atoms with E-state index in [1.807, 2.05) is 20.8 Å². The molecule has 2 heterocycles. The first-order chi connectivity index (χ1) is 9.91. The van der Waals surface area contributed by atoms with Crippen LogP contribution in [0.4, 0.5) is 0 Å². The molecule has 0 aromatic carbocycles. The van der Waals surface area contributed by atoms with E-state index < -0.39 is 16.1 Å². The van der Waals surface area contributed by atoms with Crippen molar-refractivity contribution >= 4 is 27.3 Å². The van der Waals surface area contributed by atoms with Gasteiger partial charge >= 0.3 is 0 Å². The van der Waals surface area contributed by atoms with Crippen LogP contribution in [0.15, 0.2) is 16.3 Å². The monoisotopic (exact) mass is 330 g/mol. The van der Waals surface area contributed by atoms with Gasteiger partial charge in [0.2, 0.25) is 5.91 Å². The van der Waals surface area contributed by atoms with Gasteiger partial charge in [0.25, 0.3) is 10.0 Å². The Morgan fingerprint density at radius 1 is 1.38 bits per heavy atom. The number of amides is 1. The SMILES string of the molecule is CCN(CC)C(=O)C1CCCN1S(=O)(=O)c1ccc(C)s1. The van der Waals surface area contributed by atoms with E-state index in [9.17, 15) is 13.2 Å². The lowest BCUT2D eigenvalue weighted by atomic mass is 10.2. The molecule has 1 aromatic rings. The van der Waals surface area contributed by atoms with Crippen molar-refractivity contribution < 1.29 is 13.2 Å². The van der Waals surface area contributed by atoms with Gasteiger partial charge in [-0.3, -0.25) is 4.79 Å². The molecule has 2 rings (SSSR count). The summed E-state index contributed by atoms with van der Waals surface area (Å²) in [6.45, 7) is 7.36. The minimum absolute atomic E-state index is 0.0747. The molecule has 1 fully saturated rings. The molecular weight excluding hydrogens is 308 g/mol. The van der Waals surface area contributed by atoms with E-state index in [0.717, 1.165) is 11.3 Å². The van der Waals surface area contributed by atoms with E-state index in [4.69, 9.17) is 0 Å². The van der Waals surface area contributed by atoms with Crippen LogP contribution in [0, 0.1) is 6.92 Å². The van der Waals surface area contributed by atoms with Gasteiger partial charge in [-0.2, -0.15) is 4.31 Å². The molecule has 118 valence electrons. The molecule has 1 aliphatic rings. The molecule has 0 aliphatic carbocycles. The Kier molecular flexibility index (Phi) is 5.06. The summed E-state index contributed by atoms with van der Waals surface area (Å²) in [6.07, 6.45) is 1.35. The van der Waals surface area contributed by atoms with E-state index in [1.54, 1.807) is 17.0 Å². The van der Waals surface area contributed by atoms with Crippen LogP contribution in [-0.2, 0) is 14.8 Å². The smallest absolute Gasteiger partial charge is 0.253 e. The number of hydrogen-bond donors (Lipinski definition) is 0. The summed E-state index contributed by atoms with van der Waals surface area (Å²) >= 11 is 1.26. The Balaban J connectivity index is 2.28. The molecule has 5 nitrogen and oxygen atoms in total. The van der Waals surface area contributed by atoms with Crippen molar-refractivity contribution in [3.8, 4) is 0 Å². The molecular formula is C14H22N2O3S2. The van der Waals surface area contributed by atoms with Crippen molar-refractivity contribution in [3.05, 3.63) is 17.0 Å². The lowest BCUT2D eigenvalue weighted by Crippen LogP contribution is -2.47. The maximum Gasteiger partial charge on any atom is 0.253 e. The molecule has 0 saturated carbocycles. The van der Waals surface area contributed by atoms with Crippen molar-refractivity contribution in [3.63, 3.8) is 0 Å². The van der Waals surface area contributed by atoms with Crippen LogP contribution in [0.1, 0.15) is 31.6 Å². The predicted molar refractivity (Wildman–Crippen MR) is 83.9 cm³/mol. The Bertz CT molecular complexity index is 605. The normalized spacial score (nSPS) is 19.9. The highest BCUT2D eigenvalue weighted by molar-refractivity contribution is 7.91. The first-order valence-electron chi connectivity index (χ1n) is 7.28. The van der Waals surface area contributed by atoms with Gasteiger partial charge in [0.05, 0.1) is 0 Å². The van der Waals surface area contributed by atoms with Gasteiger partial charge < -0.3 is 4.90 Å². The van der Waals surface area contributed by atoms with Crippen LogP contribution in [0.5, 0.6) is 0 Å². The molecule has 21 heavy (non-hydrogen) atoms. The average molecular weight is 330 g/mol. The van der Waals surface area contributed by atoms with Gasteiger partial charge in [-0.05, 0) is 45.7 Å². The van der Waals surface area contributed by atoms with Crippen LogP contribution < -0.4 is 0 Å². The molecule has 0 radical (unpaired) electrons. The fraction of sp³-hybridized carbons (Fsp3) is 0.643. The van der Waals surface area contributed by atoms with Gasteiger partial charge in [-0.15, -0.1) is 11.3 Å². The first kappa shape index (κ1) is 16.5. The van der Waals surface area contributed by atoms with Gasteiger partial charge in [-0.1, -0.05) is 0 Å². The van der Waals surface area contributed by atoms with E-state index in [0.29, 0.717) is 30.3 Å². The molecule has 0 N–H and O–H groups in total. The summed E-state index contributed by atoms with van der Waals surface area (Å²) in [7, 11) is -3.56. The maximum atomic E-state index is 12.7. The third-order valence-electron chi connectivity index (χ3n) is 3.84. The van der Waals surface area contributed by atoms with E-state index >= 15 is 0 Å². The van der Waals surface area contributed by atoms with Crippen LogP contribution in [-0.4, -0.2) is 49.2 Å². The second-order valence-electron chi connectivity index (χ2n) is 5.15. The molecule has 1 aliphatic heterocycles. The lowest BCUT2D eigenvalue weighted by Gasteiger charge is -2.28. The zero-order chi connectivity index (χ0) is 15.6. The van der Waals surface area contributed by atoms with Crippen molar-refractivity contribution in [2.24, 2.45) is 0 Å². The summed E-state index contributed by atoms with van der Waals surface area (Å²) < 4.78 is 27.2. The minimum atomic E-state index is -3.56. The quantitative estimate of drug-likeness (QED) is 0.830.